The highest BCUT2D eigenvalue weighted by Gasteiger charge is 2.42. The second kappa shape index (κ2) is 9.65. The van der Waals surface area contributed by atoms with Gasteiger partial charge in [0.15, 0.2) is 11.3 Å². The summed E-state index contributed by atoms with van der Waals surface area (Å²) in [7, 11) is 0. The Labute approximate surface area is 197 Å². The van der Waals surface area contributed by atoms with Gasteiger partial charge in [0.05, 0.1) is 5.69 Å². The van der Waals surface area contributed by atoms with Crippen LogP contribution < -0.4 is 4.74 Å². The minimum atomic E-state index is -2.20. The molecule has 2 bridgehead atoms. The van der Waals surface area contributed by atoms with Gasteiger partial charge in [0, 0.05) is 23.5 Å². The zero-order valence-corrected chi connectivity index (χ0v) is 18.6. The predicted molar refractivity (Wildman–Crippen MR) is 113 cm³/mol. The van der Waals surface area contributed by atoms with Crippen LogP contribution >= 0.6 is 12.4 Å². The Morgan fingerprint density at radius 1 is 0.912 bits per heavy atom. The van der Waals surface area contributed by atoms with Crippen molar-refractivity contribution in [1.29, 1.82) is 0 Å². The number of piperidine rings is 1. The lowest BCUT2D eigenvalue weighted by molar-refractivity contribution is 0.0433. The van der Waals surface area contributed by atoms with E-state index in [9.17, 15) is 26.3 Å². The van der Waals surface area contributed by atoms with E-state index in [1.54, 1.807) is 6.07 Å². The van der Waals surface area contributed by atoms with Crippen molar-refractivity contribution in [2.24, 2.45) is 0 Å². The van der Waals surface area contributed by atoms with E-state index in [-0.39, 0.29) is 24.5 Å². The van der Waals surface area contributed by atoms with Gasteiger partial charge in [-0.05, 0) is 57.2 Å². The first-order chi connectivity index (χ1) is 15.8. The fourth-order valence-corrected chi connectivity index (χ4v) is 5.11. The standard InChI is InChI=1S/C23H20F6N2O2.ClH/c24-11-3-6-15-16(30-33-17(15)8-11)2-1-7-31-12-4-5-13(31)10-14(9-12)32-23-21(28)19(26)18(25)20(27)22(23)29;/h3,6,8,12-14H,1-2,4-5,7,9-10H2;1H. The zero-order valence-electron chi connectivity index (χ0n) is 17.8. The summed E-state index contributed by atoms with van der Waals surface area (Å²) >= 11 is 0. The largest absolute Gasteiger partial charge is 0.484 e. The van der Waals surface area contributed by atoms with Crippen LogP contribution in [0.3, 0.4) is 0 Å². The molecule has 11 heteroatoms. The smallest absolute Gasteiger partial charge is 0.207 e. The van der Waals surface area contributed by atoms with Crippen molar-refractivity contribution in [3.8, 4) is 5.75 Å². The van der Waals surface area contributed by atoms with Gasteiger partial charge in [0.2, 0.25) is 29.1 Å². The van der Waals surface area contributed by atoms with Gasteiger partial charge in [-0.2, -0.15) is 8.78 Å². The molecular formula is C23H21ClF6N2O2. The molecular weight excluding hydrogens is 486 g/mol. The molecule has 2 fully saturated rings. The molecule has 184 valence electrons. The second-order valence-electron chi connectivity index (χ2n) is 8.61. The lowest BCUT2D eigenvalue weighted by Gasteiger charge is -2.39. The third-order valence-corrected chi connectivity index (χ3v) is 6.63. The fraction of sp³-hybridized carbons (Fsp3) is 0.435. The fourth-order valence-electron chi connectivity index (χ4n) is 5.11. The molecule has 4 nitrogen and oxygen atoms in total. The Kier molecular flexibility index (Phi) is 7.00. The summed E-state index contributed by atoms with van der Waals surface area (Å²) < 4.78 is 92.0. The molecule has 0 amide bonds. The molecule has 2 aromatic carbocycles. The summed E-state index contributed by atoms with van der Waals surface area (Å²) in [5.74, 6) is -11.7. The Morgan fingerprint density at radius 3 is 2.18 bits per heavy atom. The Hall–Kier alpha value is -2.46. The number of ether oxygens (including phenoxy) is 1. The number of hydrogen-bond acceptors (Lipinski definition) is 4. The molecule has 5 rings (SSSR count). The van der Waals surface area contributed by atoms with Gasteiger partial charge in [0.25, 0.3) is 0 Å². The molecule has 2 aliphatic rings. The Balaban J connectivity index is 0.00000274. The van der Waals surface area contributed by atoms with Gasteiger partial charge in [-0.3, -0.25) is 4.90 Å². The van der Waals surface area contributed by atoms with Crippen molar-refractivity contribution < 1.29 is 35.6 Å². The van der Waals surface area contributed by atoms with Crippen LogP contribution in [0.15, 0.2) is 22.7 Å². The molecule has 3 aromatic rings. The van der Waals surface area contributed by atoms with Gasteiger partial charge in [-0.1, -0.05) is 5.16 Å². The first-order valence-electron chi connectivity index (χ1n) is 10.8. The second-order valence-corrected chi connectivity index (χ2v) is 8.61. The van der Waals surface area contributed by atoms with E-state index in [0.717, 1.165) is 36.9 Å². The number of nitrogens with zero attached hydrogens (tertiary/aromatic N) is 2. The molecule has 34 heavy (non-hydrogen) atoms. The summed E-state index contributed by atoms with van der Waals surface area (Å²) in [6.07, 6.45) is 3.38. The maximum atomic E-state index is 14.0. The molecule has 0 spiro atoms. The van der Waals surface area contributed by atoms with Gasteiger partial charge in [0.1, 0.15) is 11.9 Å². The predicted octanol–water partition coefficient (Wildman–Crippen LogP) is 6.09. The maximum absolute atomic E-state index is 14.0. The van der Waals surface area contributed by atoms with Crippen molar-refractivity contribution in [1.82, 2.24) is 10.1 Å². The van der Waals surface area contributed by atoms with Gasteiger partial charge < -0.3 is 9.26 Å². The van der Waals surface area contributed by atoms with Crippen LogP contribution in [0.1, 0.15) is 37.8 Å². The van der Waals surface area contributed by atoms with Crippen LogP contribution in [0.4, 0.5) is 26.3 Å². The average molecular weight is 507 g/mol. The van der Waals surface area contributed by atoms with Crippen LogP contribution in [0, 0.1) is 34.9 Å². The minimum absolute atomic E-state index is 0. The summed E-state index contributed by atoms with van der Waals surface area (Å²) in [5, 5.41) is 4.80. The van der Waals surface area contributed by atoms with Crippen LogP contribution in [0.5, 0.6) is 5.75 Å². The Bertz CT molecular complexity index is 1160. The lowest BCUT2D eigenvalue weighted by atomic mass is 9.99. The van der Waals surface area contributed by atoms with E-state index in [1.165, 1.54) is 12.1 Å². The van der Waals surface area contributed by atoms with Crippen LogP contribution in [-0.4, -0.2) is 34.8 Å². The molecule has 0 N–H and O–H groups in total. The first kappa shape index (κ1) is 24.7. The average Bonchev–Trinajstić information content (AvgIpc) is 3.30. The molecule has 1 aromatic heterocycles. The molecule has 2 atom stereocenters. The van der Waals surface area contributed by atoms with E-state index >= 15 is 0 Å². The maximum Gasteiger partial charge on any atom is 0.207 e. The van der Waals surface area contributed by atoms with Crippen molar-refractivity contribution in [2.75, 3.05) is 6.54 Å². The lowest BCUT2D eigenvalue weighted by Crippen LogP contribution is -2.46. The molecule has 3 heterocycles. The molecule has 0 aliphatic carbocycles. The minimum Gasteiger partial charge on any atom is -0.484 e. The number of rotatable bonds is 6. The van der Waals surface area contributed by atoms with E-state index in [4.69, 9.17) is 9.26 Å². The number of halogens is 7. The Morgan fingerprint density at radius 2 is 1.53 bits per heavy atom. The number of hydrogen-bond donors (Lipinski definition) is 0. The van der Waals surface area contributed by atoms with Gasteiger partial charge in [-0.25, -0.2) is 17.6 Å². The first-order valence-corrected chi connectivity index (χ1v) is 10.8. The number of fused-ring (bicyclic) bond motifs is 3. The van der Waals surface area contributed by atoms with Crippen LogP contribution in [0.25, 0.3) is 11.0 Å². The zero-order chi connectivity index (χ0) is 23.3. The van der Waals surface area contributed by atoms with Crippen LogP contribution in [0.2, 0.25) is 0 Å². The molecule has 0 saturated carbocycles. The van der Waals surface area contributed by atoms with Gasteiger partial charge in [-0.15, -0.1) is 12.4 Å². The third-order valence-electron chi connectivity index (χ3n) is 6.63. The van der Waals surface area contributed by atoms with E-state index in [0.29, 0.717) is 24.8 Å². The van der Waals surface area contributed by atoms with Crippen molar-refractivity contribution in [3.05, 3.63) is 58.8 Å². The van der Waals surface area contributed by atoms with Crippen molar-refractivity contribution in [3.63, 3.8) is 0 Å². The number of aryl methyl sites for hydroxylation is 1. The van der Waals surface area contributed by atoms with Crippen LogP contribution in [-0.2, 0) is 6.42 Å². The molecule has 2 aliphatic heterocycles. The highest BCUT2D eigenvalue weighted by Crippen LogP contribution is 2.39. The number of benzene rings is 2. The topological polar surface area (TPSA) is 38.5 Å². The number of aromatic nitrogens is 1. The van der Waals surface area contributed by atoms with Crippen molar-refractivity contribution >= 4 is 23.4 Å². The van der Waals surface area contributed by atoms with Gasteiger partial charge >= 0.3 is 0 Å². The normalized spacial score (nSPS) is 22.2. The highest BCUT2D eigenvalue weighted by atomic mass is 35.5. The summed E-state index contributed by atoms with van der Waals surface area (Å²) in [6, 6.07) is 4.49. The monoisotopic (exact) mass is 506 g/mol. The van der Waals surface area contributed by atoms with E-state index in [1.807, 2.05) is 0 Å². The molecule has 2 saturated heterocycles. The third kappa shape index (κ3) is 4.33. The van der Waals surface area contributed by atoms with Crippen molar-refractivity contribution in [2.45, 2.75) is 56.7 Å². The molecule has 0 radical (unpaired) electrons. The van der Waals surface area contributed by atoms with E-state index < -0.39 is 46.8 Å². The summed E-state index contributed by atoms with van der Waals surface area (Å²) in [4.78, 5) is 2.31. The quantitative estimate of drug-likeness (QED) is 0.230. The summed E-state index contributed by atoms with van der Waals surface area (Å²) in [6.45, 7) is 0.750. The highest BCUT2D eigenvalue weighted by molar-refractivity contribution is 5.85. The molecule has 2 unspecified atom stereocenters. The SMILES string of the molecule is Cl.Fc1ccc2c(CCCN3C4CCC3CC(Oc3c(F)c(F)c(F)c(F)c3F)C4)noc2c1. The summed E-state index contributed by atoms with van der Waals surface area (Å²) in [5.41, 5.74) is 1.15. The van der Waals surface area contributed by atoms with E-state index in [2.05, 4.69) is 10.1 Å².